The number of aryl methyl sites for hydroxylation is 1. The van der Waals surface area contributed by atoms with E-state index >= 15 is 0 Å². The lowest BCUT2D eigenvalue weighted by atomic mass is 10.2. The van der Waals surface area contributed by atoms with Crippen LogP contribution in [0, 0.1) is 0 Å². The number of nitrogens with one attached hydrogen (secondary N) is 1. The van der Waals surface area contributed by atoms with E-state index in [-0.39, 0.29) is 24.0 Å². The van der Waals surface area contributed by atoms with E-state index in [0.717, 1.165) is 38.4 Å². The van der Waals surface area contributed by atoms with Crippen LogP contribution in [0.15, 0.2) is 53.7 Å². The van der Waals surface area contributed by atoms with Gasteiger partial charge in [-0.1, -0.05) is 18.2 Å². The van der Waals surface area contributed by atoms with Gasteiger partial charge in [-0.3, -0.25) is 4.99 Å². The molecule has 1 heterocycles. The monoisotopic (exact) mass is 469 g/mol. The summed E-state index contributed by atoms with van der Waals surface area (Å²) in [5.74, 6) is 0.942. The number of nitrogens with zero attached hydrogens (tertiary/aromatic N) is 4. The molecule has 0 atom stereocenters. The third kappa shape index (κ3) is 6.90. The molecule has 0 aliphatic rings. The molecule has 0 aliphatic carbocycles. The minimum Gasteiger partial charge on any atom is -0.375 e. The van der Waals surface area contributed by atoms with Crippen LogP contribution in [0.3, 0.4) is 0 Å². The summed E-state index contributed by atoms with van der Waals surface area (Å²) >= 11 is 0. The summed E-state index contributed by atoms with van der Waals surface area (Å²) in [7, 11) is 8.14. The van der Waals surface area contributed by atoms with Crippen LogP contribution in [-0.2, 0) is 13.6 Å². The fraction of sp³-hybridized carbons (Fsp3) is 0.450. The molecule has 0 fully saturated rings. The van der Waals surface area contributed by atoms with E-state index in [1.54, 1.807) is 0 Å². The molecule has 2 aromatic rings. The van der Waals surface area contributed by atoms with Crippen LogP contribution in [-0.4, -0.2) is 49.7 Å². The highest BCUT2D eigenvalue weighted by atomic mass is 127. The predicted molar refractivity (Wildman–Crippen MR) is 123 cm³/mol. The molecule has 5 nitrogen and oxygen atoms in total. The molecule has 2 rings (SSSR count). The van der Waals surface area contributed by atoms with Crippen molar-refractivity contribution in [1.82, 2.24) is 14.8 Å². The lowest BCUT2D eigenvalue weighted by molar-refractivity contribution is 0.460. The minimum absolute atomic E-state index is 0. The van der Waals surface area contributed by atoms with Crippen molar-refractivity contribution < 1.29 is 0 Å². The number of anilines is 1. The van der Waals surface area contributed by atoms with Crippen molar-refractivity contribution in [2.24, 2.45) is 12.0 Å². The second-order valence-electron chi connectivity index (χ2n) is 6.40. The summed E-state index contributed by atoms with van der Waals surface area (Å²) in [4.78, 5) is 8.85. The number of unbranched alkanes of at least 4 members (excludes halogenated alkanes) is 1. The summed E-state index contributed by atoms with van der Waals surface area (Å²) in [6, 6.07) is 14.7. The van der Waals surface area contributed by atoms with Crippen molar-refractivity contribution in [1.29, 1.82) is 0 Å². The Balaban J connectivity index is 0.00000338. The molecule has 6 heteroatoms. The third-order valence-electron chi connectivity index (χ3n) is 4.42. The maximum atomic E-state index is 4.39. The Morgan fingerprint density at radius 2 is 1.81 bits per heavy atom. The first-order valence-corrected chi connectivity index (χ1v) is 8.90. The molecule has 1 aromatic heterocycles. The smallest absolute Gasteiger partial charge is 0.193 e. The SMILES string of the molecule is CN=C(NCCCCN(C)c1ccccc1)N(C)Cc1cccn1C.I. The number of hydrogen-bond donors (Lipinski definition) is 1. The van der Waals surface area contributed by atoms with E-state index in [1.807, 2.05) is 7.05 Å². The second kappa shape index (κ2) is 11.8. The van der Waals surface area contributed by atoms with Crippen molar-refractivity contribution >= 4 is 35.6 Å². The predicted octanol–water partition coefficient (Wildman–Crippen LogP) is 3.57. The highest BCUT2D eigenvalue weighted by molar-refractivity contribution is 14.0. The molecule has 144 valence electrons. The number of rotatable bonds is 8. The van der Waals surface area contributed by atoms with Crippen molar-refractivity contribution in [3.05, 3.63) is 54.4 Å². The number of aliphatic imine (C=N–C) groups is 1. The molecule has 0 amide bonds. The van der Waals surface area contributed by atoms with Gasteiger partial charge in [0.1, 0.15) is 0 Å². The Morgan fingerprint density at radius 3 is 2.42 bits per heavy atom. The largest absolute Gasteiger partial charge is 0.375 e. The standard InChI is InChI=1S/C20H31N5.HI/c1-21-20(25(4)17-19-13-10-16-24(19)3)22-14-8-9-15-23(2)18-11-6-5-7-12-18;/h5-7,10-13,16H,8-9,14-15,17H2,1-4H3,(H,21,22);1H. The van der Waals surface area contributed by atoms with Crippen LogP contribution in [0.2, 0.25) is 0 Å². The summed E-state index contributed by atoms with van der Waals surface area (Å²) in [6.45, 7) is 2.84. The lowest BCUT2D eigenvalue weighted by Gasteiger charge is -2.23. The van der Waals surface area contributed by atoms with Gasteiger partial charge in [0, 0.05) is 58.9 Å². The van der Waals surface area contributed by atoms with Gasteiger partial charge in [-0.25, -0.2) is 0 Å². The molecular weight excluding hydrogens is 437 g/mol. The lowest BCUT2D eigenvalue weighted by Crippen LogP contribution is -2.39. The number of benzene rings is 1. The highest BCUT2D eigenvalue weighted by Gasteiger charge is 2.08. The molecule has 0 saturated carbocycles. The first kappa shape index (κ1) is 22.3. The first-order valence-electron chi connectivity index (χ1n) is 8.90. The molecule has 0 aliphatic heterocycles. The van der Waals surface area contributed by atoms with Crippen molar-refractivity contribution in [3.8, 4) is 0 Å². The summed E-state index contributed by atoms with van der Waals surface area (Å²) in [6.07, 6.45) is 4.34. The van der Waals surface area contributed by atoms with Gasteiger partial charge in [0.2, 0.25) is 0 Å². The van der Waals surface area contributed by atoms with Gasteiger partial charge in [0.15, 0.2) is 5.96 Å². The molecular formula is C20H32IN5. The zero-order chi connectivity index (χ0) is 18.1. The van der Waals surface area contributed by atoms with Crippen LogP contribution < -0.4 is 10.2 Å². The van der Waals surface area contributed by atoms with Gasteiger partial charge in [0.05, 0.1) is 6.54 Å². The zero-order valence-corrected chi connectivity index (χ0v) is 18.7. The van der Waals surface area contributed by atoms with Gasteiger partial charge in [0.25, 0.3) is 0 Å². The Kier molecular flexibility index (Phi) is 10.2. The fourth-order valence-corrected chi connectivity index (χ4v) is 2.85. The summed E-state index contributed by atoms with van der Waals surface area (Å²) in [5, 5.41) is 3.46. The third-order valence-corrected chi connectivity index (χ3v) is 4.42. The number of halogens is 1. The van der Waals surface area contributed by atoms with Crippen molar-refractivity contribution in [2.45, 2.75) is 19.4 Å². The molecule has 0 saturated heterocycles. The maximum Gasteiger partial charge on any atom is 0.193 e. The average Bonchev–Trinajstić information content (AvgIpc) is 3.03. The molecule has 0 spiro atoms. The van der Waals surface area contributed by atoms with E-state index in [2.05, 4.69) is 94.5 Å². The minimum atomic E-state index is 0. The molecule has 1 aromatic carbocycles. The van der Waals surface area contributed by atoms with Crippen molar-refractivity contribution in [2.75, 3.05) is 39.1 Å². The Morgan fingerprint density at radius 1 is 1.08 bits per heavy atom. The van der Waals surface area contributed by atoms with Crippen LogP contribution >= 0.6 is 24.0 Å². The Labute approximate surface area is 175 Å². The van der Waals surface area contributed by atoms with Crippen LogP contribution in [0.25, 0.3) is 0 Å². The maximum absolute atomic E-state index is 4.39. The summed E-state index contributed by atoms with van der Waals surface area (Å²) < 4.78 is 2.14. The van der Waals surface area contributed by atoms with Crippen LogP contribution in [0.4, 0.5) is 5.69 Å². The average molecular weight is 469 g/mol. The van der Waals surface area contributed by atoms with E-state index in [4.69, 9.17) is 0 Å². The molecule has 0 radical (unpaired) electrons. The van der Waals surface area contributed by atoms with E-state index in [0.29, 0.717) is 0 Å². The summed E-state index contributed by atoms with van der Waals surface area (Å²) in [5.41, 5.74) is 2.54. The number of aromatic nitrogens is 1. The van der Waals surface area contributed by atoms with Crippen molar-refractivity contribution in [3.63, 3.8) is 0 Å². The molecule has 26 heavy (non-hydrogen) atoms. The van der Waals surface area contributed by atoms with E-state index < -0.39 is 0 Å². The molecule has 0 bridgehead atoms. The van der Waals surface area contributed by atoms with Gasteiger partial charge in [-0.15, -0.1) is 24.0 Å². The Hall–Kier alpha value is -1.70. The normalized spacial score (nSPS) is 11.0. The molecule has 1 N–H and O–H groups in total. The quantitative estimate of drug-likeness (QED) is 0.278. The highest BCUT2D eigenvalue weighted by Crippen LogP contribution is 2.11. The van der Waals surface area contributed by atoms with Gasteiger partial charge >= 0.3 is 0 Å². The zero-order valence-electron chi connectivity index (χ0n) is 16.4. The van der Waals surface area contributed by atoms with Gasteiger partial charge in [-0.05, 0) is 37.1 Å². The number of hydrogen-bond acceptors (Lipinski definition) is 2. The Bertz CT molecular complexity index is 653. The number of para-hydroxylation sites is 1. The van der Waals surface area contributed by atoms with Gasteiger partial charge in [-0.2, -0.15) is 0 Å². The second-order valence-corrected chi connectivity index (χ2v) is 6.40. The number of guanidine groups is 1. The first-order chi connectivity index (χ1) is 12.1. The van der Waals surface area contributed by atoms with Crippen LogP contribution in [0.1, 0.15) is 18.5 Å². The topological polar surface area (TPSA) is 35.8 Å². The van der Waals surface area contributed by atoms with Crippen LogP contribution in [0.5, 0.6) is 0 Å². The van der Waals surface area contributed by atoms with E-state index in [1.165, 1.54) is 11.4 Å². The van der Waals surface area contributed by atoms with Gasteiger partial charge < -0.3 is 19.7 Å². The van der Waals surface area contributed by atoms with E-state index in [9.17, 15) is 0 Å². The molecule has 0 unspecified atom stereocenters. The fourth-order valence-electron chi connectivity index (χ4n) is 2.85.